The molecular formula is C14H12N4S. The predicted octanol–water partition coefficient (Wildman–Crippen LogP) is 2.93. The normalized spacial score (nSPS) is 10.6. The molecule has 0 N–H and O–H groups in total. The minimum Gasteiger partial charge on any atom is -0.306 e. The van der Waals surface area contributed by atoms with Crippen LogP contribution in [0.4, 0.5) is 0 Å². The maximum absolute atomic E-state index is 4.19. The van der Waals surface area contributed by atoms with Crippen LogP contribution < -0.4 is 0 Å². The summed E-state index contributed by atoms with van der Waals surface area (Å²) in [6, 6.07) is 10.0. The number of nitrogens with zero attached hydrogens (tertiary/aromatic N) is 4. The van der Waals surface area contributed by atoms with Crippen molar-refractivity contribution in [3.63, 3.8) is 0 Å². The van der Waals surface area contributed by atoms with Crippen molar-refractivity contribution in [3.05, 3.63) is 54.6 Å². The Labute approximate surface area is 116 Å². The minimum atomic E-state index is 0.635. The Morgan fingerprint density at radius 3 is 2.53 bits per heavy atom. The van der Waals surface area contributed by atoms with Gasteiger partial charge in [-0.1, -0.05) is 12.1 Å². The molecular weight excluding hydrogens is 256 g/mol. The Bertz CT molecular complexity index is 690. The van der Waals surface area contributed by atoms with Gasteiger partial charge in [0.2, 0.25) is 0 Å². The first-order valence-corrected chi connectivity index (χ1v) is 6.31. The highest BCUT2D eigenvalue weighted by molar-refractivity contribution is 7.80. The molecule has 0 unspecified atom stereocenters. The molecule has 0 aliphatic heterocycles. The number of benzene rings is 1. The van der Waals surface area contributed by atoms with Crippen molar-refractivity contribution in [2.75, 3.05) is 0 Å². The third kappa shape index (κ3) is 2.37. The van der Waals surface area contributed by atoms with Crippen LogP contribution in [0.25, 0.3) is 16.9 Å². The van der Waals surface area contributed by atoms with E-state index in [0.717, 1.165) is 22.5 Å². The molecule has 2 aromatic heterocycles. The van der Waals surface area contributed by atoms with Crippen LogP contribution in [-0.2, 0) is 0 Å². The van der Waals surface area contributed by atoms with Crippen molar-refractivity contribution >= 4 is 12.6 Å². The summed E-state index contributed by atoms with van der Waals surface area (Å²) >= 11 is 4.19. The highest BCUT2D eigenvalue weighted by Crippen LogP contribution is 2.22. The van der Waals surface area contributed by atoms with Gasteiger partial charge >= 0.3 is 0 Å². The molecule has 4 nitrogen and oxygen atoms in total. The zero-order valence-electron chi connectivity index (χ0n) is 10.4. The van der Waals surface area contributed by atoms with E-state index in [0.29, 0.717) is 5.03 Å². The van der Waals surface area contributed by atoms with Crippen LogP contribution in [0.2, 0.25) is 0 Å². The Balaban J connectivity index is 1.98. The summed E-state index contributed by atoms with van der Waals surface area (Å²) in [5, 5.41) is 8.82. The molecule has 0 bridgehead atoms. The van der Waals surface area contributed by atoms with Crippen molar-refractivity contribution < 1.29 is 0 Å². The summed E-state index contributed by atoms with van der Waals surface area (Å²) in [4.78, 5) is 4.04. The van der Waals surface area contributed by atoms with Crippen LogP contribution >= 0.6 is 12.6 Å². The molecule has 0 fully saturated rings. The average Bonchev–Trinajstić information content (AvgIpc) is 2.93. The van der Waals surface area contributed by atoms with Crippen molar-refractivity contribution in [2.45, 2.75) is 11.9 Å². The van der Waals surface area contributed by atoms with Gasteiger partial charge < -0.3 is 4.57 Å². The van der Waals surface area contributed by atoms with Crippen LogP contribution in [-0.4, -0.2) is 19.7 Å². The van der Waals surface area contributed by atoms with Crippen LogP contribution in [0.5, 0.6) is 0 Å². The van der Waals surface area contributed by atoms with Gasteiger partial charge in [-0.05, 0) is 30.7 Å². The summed E-state index contributed by atoms with van der Waals surface area (Å²) in [5.41, 5.74) is 4.06. The number of aromatic nitrogens is 4. The number of hydrogen-bond donors (Lipinski definition) is 1. The molecule has 0 atom stereocenters. The molecule has 0 aliphatic carbocycles. The lowest BCUT2D eigenvalue weighted by Crippen LogP contribution is -1.94. The number of aryl methyl sites for hydroxylation is 1. The van der Waals surface area contributed by atoms with Crippen LogP contribution in [0.15, 0.2) is 54.1 Å². The van der Waals surface area contributed by atoms with E-state index in [1.54, 1.807) is 12.5 Å². The first kappa shape index (κ1) is 11.9. The predicted molar refractivity (Wildman–Crippen MR) is 76.6 cm³/mol. The van der Waals surface area contributed by atoms with Gasteiger partial charge in [0.05, 0.1) is 12.0 Å². The Morgan fingerprint density at radius 1 is 1.11 bits per heavy atom. The summed E-state index contributed by atoms with van der Waals surface area (Å²) in [6.45, 7) is 2.01. The summed E-state index contributed by atoms with van der Waals surface area (Å²) in [5.74, 6) is 0. The highest BCUT2D eigenvalue weighted by atomic mass is 32.1. The lowest BCUT2D eigenvalue weighted by molar-refractivity contribution is 0.927. The van der Waals surface area contributed by atoms with Crippen molar-refractivity contribution in [3.8, 4) is 16.9 Å². The molecule has 0 spiro atoms. The maximum atomic E-state index is 4.19. The molecule has 0 aliphatic rings. The van der Waals surface area contributed by atoms with E-state index in [2.05, 4.69) is 27.8 Å². The van der Waals surface area contributed by atoms with Gasteiger partial charge in [-0.2, -0.15) is 0 Å². The molecule has 3 aromatic rings. The highest BCUT2D eigenvalue weighted by Gasteiger charge is 2.05. The Morgan fingerprint density at radius 2 is 1.89 bits per heavy atom. The molecule has 5 heteroatoms. The SMILES string of the molecule is Cc1cc(S)nnc1-c1ccc(-n2ccnc2)cc1. The average molecular weight is 268 g/mol. The van der Waals surface area contributed by atoms with Gasteiger partial charge in [-0.15, -0.1) is 22.8 Å². The second kappa shape index (κ2) is 4.85. The van der Waals surface area contributed by atoms with E-state index in [-0.39, 0.29) is 0 Å². The fraction of sp³-hybridized carbons (Fsp3) is 0.0714. The molecule has 3 rings (SSSR count). The molecule has 0 amide bonds. The molecule has 0 saturated heterocycles. The molecule has 1 aromatic carbocycles. The first-order valence-electron chi connectivity index (χ1n) is 5.86. The largest absolute Gasteiger partial charge is 0.306 e. The van der Waals surface area contributed by atoms with Crippen LogP contribution in [0, 0.1) is 6.92 Å². The molecule has 0 saturated carbocycles. The zero-order chi connectivity index (χ0) is 13.2. The smallest absolute Gasteiger partial charge is 0.116 e. The second-order valence-electron chi connectivity index (χ2n) is 4.25. The van der Waals surface area contributed by atoms with Crippen molar-refractivity contribution in [1.29, 1.82) is 0 Å². The molecule has 94 valence electrons. The van der Waals surface area contributed by atoms with E-state index < -0.39 is 0 Å². The van der Waals surface area contributed by atoms with Gasteiger partial charge in [0.25, 0.3) is 0 Å². The van der Waals surface area contributed by atoms with E-state index in [9.17, 15) is 0 Å². The van der Waals surface area contributed by atoms with E-state index >= 15 is 0 Å². The summed E-state index contributed by atoms with van der Waals surface area (Å²) in [7, 11) is 0. The topological polar surface area (TPSA) is 43.6 Å². The van der Waals surface area contributed by atoms with Gasteiger partial charge in [0, 0.05) is 23.6 Å². The quantitative estimate of drug-likeness (QED) is 0.727. The van der Waals surface area contributed by atoms with Crippen molar-refractivity contribution in [1.82, 2.24) is 19.7 Å². The fourth-order valence-electron chi connectivity index (χ4n) is 1.96. The summed E-state index contributed by atoms with van der Waals surface area (Å²) < 4.78 is 1.96. The molecule has 2 heterocycles. The van der Waals surface area contributed by atoms with E-state index in [1.165, 1.54) is 0 Å². The third-order valence-corrected chi connectivity index (χ3v) is 3.13. The lowest BCUT2D eigenvalue weighted by atomic mass is 10.1. The summed E-state index contributed by atoms with van der Waals surface area (Å²) in [6.07, 6.45) is 5.44. The second-order valence-corrected chi connectivity index (χ2v) is 4.71. The fourth-order valence-corrected chi connectivity index (χ4v) is 2.20. The van der Waals surface area contributed by atoms with Gasteiger partial charge in [0.1, 0.15) is 5.03 Å². The maximum Gasteiger partial charge on any atom is 0.116 e. The number of thiol groups is 1. The molecule has 0 radical (unpaired) electrons. The lowest BCUT2D eigenvalue weighted by Gasteiger charge is -2.06. The van der Waals surface area contributed by atoms with Gasteiger partial charge in [0.15, 0.2) is 0 Å². The monoisotopic (exact) mass is 268 g/mol. The third-order valence-electron chi connectivity index (χ3n) is 2.91. The molecule has 19 heavy (non-hydrogen) atoms. The minimum absolute atomic E-state index is 0.635. The number of hydrogen-bond acceptors (Lipinski definition) is 4. The van der Waals surface area contributed by atoms with E-state index in [1.807, 2.05) is 48.0 Å². The zero-order valence-corrected chi connectivity index (χ0v) is 11.2. The number of imidazole rings is 1. The van der Waals surface area contributed by atoms with Gasteiger partial charge in [-0.3, -0.25) is 0 Å². The Hall–Kier alpha value is -2.14. The van der Waals surface area contributed by atoms with Crippen LogP contribution in [0.1, 0.15) is 5.56 Å². The Kier molecular flexibility index (Phi) is 3.05. The standard InChI is InChI=1S/C14H12N4S/c1-10-8-13(19)16-17-14(10)11-2-4-12(5-3-11)18-7-6-15-9-18/h2-9H,1H3,(H,16,19). The number of rotatable bonds is 2. The van der Waals surface area contributed by atoms with Crippen LogP contribution in [0.3, 0.4) is 0 Å². The van der Waals surface area contributed by atoms with E-state index in [4.69, 9.17) is 0 Å². The first-order chi connectivity index (χ1) is 9.24. The van der Waals surface area contributed by atoms with Crippen molar-refractivity contribution in [2.24, 2.45) is 0 Å². The van der Waals surface area contributed by atoms with Gasteiger partial charge in [-0.25, -0.2) is 4.98 Å².